The Bertz CT molecular complexity index is 652. The predicted molar refractivity (Wildman–Crippen MR) is 82.5 cm³/mol. The zero-order valence-electron chi connectivity index (χ0n) is 10.6. The number of carbonyl (C=O) groups is 2. The van der Waals surface area contributed by atoms with Crippen LogP contribution in [0.2, 0.25) is 0 Å². The third kappa shape index (κ3) is 3.36. The van der Waals surface area contributed by atoms with Crippen molar-refractivity contribution in [1.29, 1.82) is 0 Å². The van der Waals surface area contributed by atoms with E-state index >= 15 is 0 Å². The molecule has 4 nitrogen and oxygen atoms in total. The number of hydrogen-bond acceptors (Lipinski definition) is 4. The lowest BCUT2D eigenvalue weighted by atomic mass is 10.2. The minimum Gasteiger partial charge on any atom is -0.496 e. The fourth-order valence-corrected chi connectivity index (χ4v) is 2.35. The van der Waals surface area contributed by atoms with Crippen LogP contribution in [0, 0.1) is 3.57 Å². The van der Waals surface area contributed by atoms with Crippen molar-refractivity contribution in [3.05, 3.63) is 57.2 Å². The molecule has 0 atom stereocenters. The van der Waals surface area contributed by atoms with Crippen molar-refractivity contribution in [3.63, 3.8) is 0 Å². The minimum absolute atomic E-state index is 0.338. The second-order valence-electron chi connectivity index (χ2n) is 3.93. The van der Waals surface area contributed by atoms with Crippen molar-refractivity contribution in [3.8, 4) is 11.5 Å². The van der Waals surface area contributed by atoms with Crippen LogP contribution in [0.1, 0.15) is 20.7 Å². The summed E-state index contributed by atoms with van der Waals surface area (Å²) in [5.41, 5.74) is 0.881. The zero-order valence-corrected chi connectivity index (χ0v) is 12.8. The molecule has 0 fully saturated rings. The summed E-state index contributed by atoms with van der Waals surface area (Å²) in [6, 6.07) is 11.5. The van der Waals surface area contributed by atoms with Crippen LogP contribution in [0.3, 0.4) is 0 Å². The third-order valence-corrected chi connectivity index (χ3v) is 3.44. The normalized spacial score (nSPS) is 9.90. The number of esters is 1. The summed E-state index contributed by atoms with van der Waals surface area (Å²) >= 11 is 2.08. The Labute approximate surface area is 129 Å². The van der Waals surface area contributed by atoms with Gasteiger partial charge in [0.1, 0.15) is 17.8 Å². The summed E-state index contributed by atoms with van der Waals surface area (Å²) < 4.78 is 11.2. The molecular weight excluding hydrogens is 371 g/mol. The van der Waals surface area contributed by atoms with Gasteiger partial charge in [0.15, 0.2) is 0 Å². The summed E-state index contributed by atoms with van der Waals surface area (Å²) in [6.45, 7) is 0. The van der Waals surface area contributed by atoms with Gasteiger partial charge in [-0.05, 0) is 52.9 Å². The van der Waals surface area contributed by atoms with Crippen LogP contribution < -0.4 is 9.47 Å². The molecule has 0 aromatic heterocycles. The number of benzene rings is 2. The van der Waals surface area contributed by atoms with Gasteiger partial charge in [-0.2, -0.15) is 0 Å². The highest BCUT2D eigenvalue weighted by molar-refractivity contribution is 14.1. The van der Waals surface area contributed by atoms with Crippen molar-refractivity contribution in [2.75, 3.05) is 7.11 Å². The molecule has 0 aliphatic carbocycles. The van der Waals surface area contributed by atoms with E-state index in [9.17, 15) is 9.59 Å². The Morgan fingerprint density at radius 3 is 2.65 bits per heavy atom. The second-order valence-corrected chi connectivity index (χ2v) is 5.09. The highest BCUT2D eigenvalue weighted by Crippen LogP contribution is 2.22. The zero-order chi connectivity index (χ0) is 14.5. The highest BCUT2D eigenvalue weighted by Gasteiger charge is 2.11. The van der Waals surface area contributed by atoms with Gasteiger partial charge in [0, 0.05) is 5.56 Å². The van der Waals surface area contributed by atoms with Crippen LogP contribution in [0.4, 0.5) is 0 Å². The Balaban J connectivity index is 2.19. The van der Waals surface area contributed by atoms with E-state index in [1.54, 1.807) is 43.5 Å². The fourth-order valence-electron chi connectivity index (χ4n) is 1.61. The van der Waals surface area contributed by atoms with E-state index in [0.717, 1.165) is 3.57 Å². The van der Waals surface area contributed by atoms with Crippen LogP contribution in [0.5, 0.6) is 11.5 Å². The summed E-state index contributed by atoms with van der Waals surface area (Å²) in [6.07, 6.45) is 0.702. The summed E-state index contributed by atoms with van der Waals surface area (Å²) in [5, 5.41) is 0. The molecule has 0 aliphatic heterocycles. The molecule has 5 heteroatoms. The van der Waals surface area contributed by atoms with Gasteiger partial charge in [-0.3, -0.25) is 4.79 Å². The number of hydrogen-bond donors (Lipinski definition) is 0. The quantitative estimate of drug-likeness (QED) is 0.352. The van der Waals surface area contributed by atoms with Crippen LogP contribution in [-0.2, 0) is 0 Å². The first-order chi connectivity index (χ1) is 9.63. The number of halogens is 1. The molecule has 0 spiro atoms. The molecule has 0 bridgehead atoms. The molecule has 0 saturated carbocycles. The predicted octanol–water partition coefficient (Wildman–Crippen LogP) is 3.33. The molecule has 20 heavy (non-hydrogen) atoms. The minimum atomic E-state index is -0.478. The fraction of sp³-hybridized carbons (Fsp3) is 0.0667. The molecule has 2 rings (SSSR count). The van der Waals surface area contributed by atoms with Gasteiger partial charge in [0.2, 0.25) is 0 Å². The van der Waals surface area contributed by atoms with Gasteiger partial charge >= 0.3 is 5.97 Å². The van der Waals surface area contributed by atoms with Crippen molar-refractivity contribution >= 4 is 34.8 Å². The SMILES string of the molecule is COc1ccc(C(=O)Oc2cccc(C=O)c2)cc1I. The van der Waals surface area contributed by atoms with Crippen LogP contribution >= 0.6 is 22.6 Å². The van der Waals surface area contributed by atoms with E-state index in [0.29, 0.717) is 28.9 Å². The Hall–Kier alpha value is -1.89. The Kier molecular flexibility index (Phi) is 4.73. The molecule has 102 valence electrons. The monoisotopic (exact) mass is 382 g/mol. The molecule has 0 amide bonds. The standard InChI is InChI=1S/C15H11IO4/c1-19-14-6-5-11(8-13(14)16)15(18)20-12-4-2-3-10(7-12)9-17/h2-9H,1H3. The second kappa shape index (κ2) is 6.51. The van der Waals surface area contributed by atoms with Crippen LogP contribution in [-0.4, -0.2) is 19.4 Å². The maximum Gasteiger partial charge on any atom is 0.343 e. The molecule has 2 aromatic carbocycles. The Morgan fingerprint density at radius 2 is 2.00 bits per heavy atom. The van der Waals surface area contributed by atoms with Gasteiger partial charge in [-0.15, -0.1) is 0 Å². The van der Waals surface area contributed by atoms with Gasteiger partial charge in [0.25, 0.3) is 0 Å². The lowest BCUT2D eigenvalue weighted by Crippen LogP contribution is -2.09. The maximum atomic E-state index is 12.0. The number of methoxy groups -OCH3 is 1. The molecule has 2 aromatic rings. The summed E-state index contributed by atoms with van der Waals surface area (Å²) in [7, 11) is 1.57. The van der Waals surface area contributed by atoms with Crippen molar-refractivity contribution in [1.82, 2.24) is 0 Å². The Morgan fingerprint density at radius 1 is 1.20 bits per heavy atom. The van der Waals surface area contributed by atoms with Crippen LogP contribution in [0.15, 0.2) is 42.5 Å². The summed E-state index contributed by atoms with van der Waals surface area (Å²) in [4.78, 5) is 22.7. The van der Waals surface area contributed by atoms with Crippen molar-refractivity contribution in [2.45, 2.75) is 0 Å². The van der Waals surface area contributed by atoms with Gasteiger partial charge in [-0.25, -0.2) is 4.79 Å². The van der Waals surface area contributed by atoms with Gasteiger partial charge in [-0.1, -0.05) is 12.1 Å². The lowest BCUT2D eigenvalue weighted by Gasteiger charge is -2.07. The van der Waals surface area contributed by atoms with E-state index < -0.39 is 5.97 Å². The number of carbonyl (C=O) groups excluding carboxylic acids is 2. The van der Waals surface area contributed by atoms with Crippen molar-refractivity contribution in [2.24, 2.45) is 0 Å². The van der Waals surface area contributed by atoms with Gasteiger partial charge in [0.05, 0.1) is 16.2 Å². The van der Waals surface area contributed by atoms with E-state index in [1.807, 2.05) is 0 Å². The maximum absolute atomic E-state index is 12.0. The molecule has 0 heterocycles. The molecule has 0 radical (unpaired) electrons. The van der Waals surface area contributed by atoms with E-state index in [2.05, 4.69) is 22.6 Å². The smallest absolute Gasteiger partial charge is 0.343 e. The number of rotatable bonds is 4. The first-order valence-corrected chi connectivity index (χ1v) is 6.83. The molecule has 0 saturated heterocycles. The largest absolute Gasteiger partial charge is 0.496 e. The van der Waals surface area contributed by atoms with Crippen LogP contribution in [0.25, 0.3) is 0 Å². The van der Waals surface area contributed by atoms with Crippen molar-refractivity contribution < 1.29 is 19.1 Å². The molecule has 0 aliphatic rings. The number of ether oxygens (including phenoxy) is 2. The third-order valence-electron chi connectivity index (χ3n) is 2.59. The summed E-state index contributed by atoms with van der Waals surface area (Å²) in [5.74, 6) is 0.559. The lowest BCUT2D eigenvalue weighted by molar-refractivity contribution is 0.0734. The topological polar surface area (TPSA) is 52.6 Å². The first-order valence-electron chi connectivity index (χ1n) is 5.75. The average molecular weight is 382 g/mol. The highest BCUT2D eigenvalue weighted by atomic mass is 127. The number of aldehydes is 1. The molecule has 0 N–H and O–H groups in total. The molecule has 0 unspecified atom stereocenters. The molecular formula is C15H11IO4. The first kappa shape index (κ1) is 14.5. The van der Waals surface area contributed by atoms with E-state index in [4.69, 9.17) is 9.47 Å². The van der Waals surface area contributed by atoms with E-state index in [-0.39, 0.29) is 0 Å². The average Bonchev–Trinajstić information content (AvgIpc) is 2.47. The van der Waals surface area contributed by atoms with Gasteiger partial charge < -0.3 is 9.47 Å². The van der Waals surface area contributed by atoms with E-state index in [1.165, 1.54) is 6.07 Å².